The number of methoxy groups -OCH3 is 1. The lowest BCUT2D eigenvalue weighted by molar-refractivity contribution is -0.274. The number of ether oxygens (including phenoxy) is 2. The molecule has 0 fully saturated rings. The van der Waals surface area contributed by atoms with Gasteiger partial charge in [0.05, 0.1) is 12.8 Å². The molecule has 0 spiro atoms. The van der Waals surface area contributed by atoms with Gasteiger partial charge < -0.3 is 20.1 Å². The lowest BCUT2D eigenvalue weighted by Crippen LogP contribution is -2.30. The highest BCUT2D eigenvalue weighted by molar-refractivity contribution is 5.90. The van der Waals surface area contributed by atoms with Crippen molar-refractivity contribution in [3.8, 4) is 28.6 Å². The van der Waals surface area contributed by atoms with Crippen molar-refractivity contribution < 1.29 is 27.4 Å². The molecule has 0 radical (unpaired) electrons. The quantitative estimate of drug-likeness (QED) is 0.266. The van der Waals surface area contributed by atoms with Crippen molar-refractivity contribution in [3.05, 3.63) is 84.2 Å². The number of hydrogen-bond donors (Lipinski definition) is 2. The van der Waals surface area contributed by atoms with Crippen molar-refractivity contribution in [2.45, 2.75) is 26.1 Å². The SMILES string of the molecule is COc1ccc(NC(=O)NCCCc2ccc(-c3ncn(-c4ccc(OC(F)(F)F)cc4)n3)cc2)c(C)c1. The van der Waals surface area contributed by atoms with E-state index in [1.54, 1.807) is 19.2 Å². The van der Waals surface area contributed by atoms with E-state index in [0.29, 0.717) is 18.1 Å². The number of aryl methyl sites for hydroxylation is 2. The summed E-state index contributed by atoms with van der Waals surface area (Å²) in [6, 6.07) is 18.3. The Labute approximate surface area is 217 Å². The van der Waals surface area contributed by atoms with Crippen molar-refractivity contribution in [2.75, 3.05) is 19.0 Å². The van der Waals surface area contributed by atoms with E-state index in [4.69, 9.17) is 4.74 Å². The minimum atomic E-state index is -4.74. The van der Waals surface area contributed by atoms with Gasteiger partial charge in [-0.1, -0.05) is 24.3 Å². The van der Waals surface area contributed by atoms with Crippen LogP contribution in [0.25, 0.3) is 17.1 Å². The van der Waals surface area contributed by atoms with E-state index >= 15 is 0 Å². The first-order valence-electron chi connectivity index (χ1n) is 11.8. The molecule has 8 nitrogen and oxygen atoms in total. The van der Waals surface area contributed by atoms with Gasteiger partial charge in [-0.2, -0.15) is 0 Å². The molecule has 11 heteroatoms. The Morgan fingerprint density at radius 1 is 1.00 bits per heavy atom. The number of carbonyl (C=O) groups is 1. The van der Waals surface area contributed by atoms with Gasteiger partial charge in [-0.15, -0.1) is 18.3 Å². The molecular weight excluding hydrogens is 499 g/mol. The highest BCUT2D eigenvalue weighted by Gasteiger charge is 2.31. The Bertz CT molecular complexity index is 1370. The van der Waals surface area contributed by atoms with Gasteiger partial charge in [0.1, 0.15) is 17.8 Å². The van der Waals surface area contributed by atoms with Crippen LogP contribution in [0.4, 0.5) is 23.7 Å². The van der Waals surface area contributed by atoms with Crippen molar-refractivity contribution in [1.29, 1.82) is 0 Å². The molecule has 198 valence electrons. The summed E-state index contributed by atoms with van der Waals surface area (Å²) < 4.78 is 47.5. The first-order valence-corrected chi connectivity index (χ1v) is 11.8. The molecule has 38 heavy (non-hydrogen) atoms. The largest absolute Gasteiger partial charge is 0.573 e. The minimum Gasteiger partial charge on any atom is -0.497 e. The Kier molecular flexibility index (Phi) is 8.15. The van der Waals surface area contributed by atoms with E-state index in [9.17, 15) is 18.0 Å². The fraction of sp³-hybridized carbons (Fsp3) is 0.222. The van der Waals surface area contributed by atoms with Gasteiger partial charge in [-0.25, -0.2) is 14.5 Å². The molecule has 3 aromatic carbocycles. The molecule has 0 saturated heterocycles. The third-order valence-electron chi connectivity index (χ3n) is 5.65. The summed E-state index contributed by atoms with van der Waals surface area (Å²) >= 11 is 0. The summed E-state index contributed by atoms with van der Waals surface area (Å²) in [4.78, 5) is 16.5. The summed E-state index contributed by atoms with van der Waals surface area (Å²) in [5.74, 6) is 0.913. The monoisotopic (exact) mass is 525 g/mol. The normalized spacial score (nSPS) is 11.2. The summed E-state index contributed by atoms with van der Waals surface area (Å²) in [5, 5.41) is 10.1. The van der Waals surface area contributed by atoms with Crippen LogP contribution < -0.4 is 20.1 Å². The Morgan fingerprint density at radius 3 is 2.37 bits per heavy atom. The zero-order chi connectivity index (χ0) is 27.1. The molecule has 0 aliphatic rings. The van der Waals surface area contributed by atoms with Crippen LogP contribution in [0.5, 0.6) is 11.5 Å². The standard InChI is InChI=1S/C27H26F3N5O3/c1-18-16-23(37-2)13-14-24(18)33-26(36)31-15-3-4-19-5-7-20(8-6-19)25-32-17-35(34-25)21-9-11-22(12-10-21)38-27(28,29)30/h5-14,16-17H,3-4,15H2,1-2H3,(H2,31,33,36). The van der Waals surface area contributed by atoms with E-state index in [-0.39, 0.29) is 11.8 Å². The van der Waals surface area contributed by atoms with E-state index < -0.39 is 6.36 Å². The van der Waals surface area contributed by atoms with Crippen LogP contribution in [-0.4, -0.2) is 40.8 Å². The molecule has 0 atom stereocenters. The number of anilines is 1. The van der Waals surface area contributed by atoms with Crippen molar-refractivity contribution in [1.82, 2.24) is 20.1 Å². The van der Waals surface area contributed by atoms with Gasteiger partial charge >= 0.3 is 12.4 Å². The third-order valence-corrected chi connectivity index (χ3v) is 5.65. The maximum Gasteiger partial charge on any atom is 0.573 e. The van der Waals surface area contributed by atoms with E-state index in [0.717, 1.165) is 41.0 Å². The lowest BCUT2D eigenvalue weighted by Gasteiger charge is -2.11. The molecule has 1 aromatic heterocycles. The molecule has 0 bridgehead atoms. The number of aromatic nitrogens is 3. The van der Waals surface area contributed by atoms with Crippen molar-refractivity contribution in [2.24, 2.45) is 0 Å². The number of urea groups is 1. The number of hydrogen-bond acceptors (Lipinski definition) is 5. The summed E-state index contributed by atoms with van der Waals surface area (Å²) in [5.41, 5.74) is 4.09. The number of nitrogens with one attached hydrogen (secondary N) is 2. The van der Waals surface area contributed by atoms with Crippen LogP contribution in [0.15, 0.2) is 73.1 Å². The lowest BCUT2D eigenvalue weighted by atomic mass is 10.1. The second-order valence-electron chi connectivity index (χ2n) is 8.42. The predicted molar refractivity (Wildman–Crippen MR) is 137 cm³/mol. The van der Waals surface area contributed by atoms with Gasteiger partial charge in [0.15, 0.2) is 5.82 Å². The van der Waals surface area contributed by atoms with Crippen LogP contribution in [-0.2, 0) is 6.42 Å². The average Bonchev–Trinajstić information content (AvgIpc) is 3.38. The Balaban J connectivity index is 1.25. The third kappa shape index (κ3) is 7.25. The molecule has 0 saturated carbocycles. The van der Waals surface area contributed by atoms with E-state index in [2.05, 4.69) is 25.5 Å². The number of carbonyl (C=O) groups excluding carboxylic acids is 1. The molecular formula is C27H26F3N5O3. The molecule has 2 N–H and O–H groups in total. The average molecular weight is 526 g/mol. The van der Waals surface area contributed by atoms with Gasteiger partial charge in [0.2, 0.25) is 0 Å². The zero-order valence-corrected chi connectivity index (χ0v) is 20.7. The fourth-order valence-electron chi connectivity index (χ4n) is 3.71. The first-order chi connectivity index (χ1) is 18.2. The smallest absolute Gasteiger partial charge is 0.497 e. The fourth-order valence-corrected chi connectivity index (χ4v) is 3.71. The molecule has 0 aliphatic heterocycles. The highest BCUT2D eigenvalue weighted by Crippen LogP contribution is 2.24. The minimum absolute atomic E-state index is 0.266. The van der Waals surface area contributed by atoms with Crippen LogP contribution in [0.1, 0.15) is 17.5 Å². The highest BCUT2D eigenvalue weighted by atomic mass is 19.4. The molecule has 1 heterocycles. The molecule has 0 aliphatic carbocycles. The summed E-state index contributed by atoms with van der Waals surface area (Å²) in [6.07, 6.45) is -1.71. The first kappa shape index (κ1) is 26.5. The van der Waals surface area contributed by atoms with Crippen LogP contribution in [0, 0.1) is 6.92 Å². The molecule has 2 amide bonds. The number of amides is 2. The van der Waals surface area contributed by atoms with Crippen LogP contribution in [0.3, 0.4) is 0 Å². The molecule has 4 aromatic rings. The van der Waals surface area contributed by atoms with E-state index in [1.807, 2.05) is 37.3 Å². The maximum atomic E-state index is 12.3. The number of halogens is 3. The van der Waals surface area contributed by atoms with Gasteiger partial charge in [0, 0.05) is 17.8 Å². The number of benzene rings is 3. The number of rotatable bonds is 9. The van der Waals surface area contributed by atoms with E-state index in [1.165, 1.54) is 35.3 Å². The van der Waals surface area contributed by atoms with Gasteiger partial charge in [-0.3, -0.25) is 0 Å². The predicted octanol–water partition coefficient (Wildman–Crippen LogP) is 5.90. The Hall–Kier alpha value is -4.54. The van der Waals surface area contributed by atoms with Crippen LogP contribution >= 0.6 is 0 Å². The summed E-state index contributed by atoms with van der Waals surface area (Å²) in [6.45, 7) is 2.41. The van der Waals surface area contributed by atoms with Crippen molar-refractivity contribution >= 4 is 11.7 Å². The second kappa shape index (κ2) is 11.7. The molecule has 4 rings (SSSR count). The topological polar surface area (TPSA) is 90.3 Å². The number of nitrogens with zero attached hydrogens (tertiary/aromatic N) is 3. The maximum absolute atomic E-state index is 12.3. The van der Waals surface area contributed by atoms with Gasteiger partial charge in [-0.05, 0) is 73.4 Å². The molecule has 0 unspecified atom stereocenters. The Morgan fingerprint density at radius 2 is 1.71 bits per heavy atom. The second-order valence-corrected chi connectivity index (χ2v) is 8.42. The van der Waals surface area contributed by atoms with Crippen LogP contribution in [0.2, 0.25) is 0 Å². The summed E-state index contributed by atoms with van der Waals surface area (Å²) in [7, 11) is 1.60. The van der Waals surface area contributed by atoms with Crippen molar-refractivity contribution in [3.63, 3.8) is 0 Å². The van der Waals surface area contributed by atoms with Gasteiger partial charge in [0.25, 0.3) is 0 Å². The number of alkyl halides is 3. The zero-order valence-electron chi connectivity index (χ0n) is 20.7.